The minimum absolute atomic E-state index is 0.658. The highest BCUT2D eigenvalue weighted by atomic mass is 16.6. The number of aliphatic hydroxyl groups excluding tert-OH is 1. The molecule has 0 radical (unpaired) electrons. The molecule has 0 saturated carbocycles. The van der Waals surface area contributed by atoms with Crippen LogP contribution in [0.4, 0.5) is 0 Å². The molecule has 92 valence electrons. The second-order valence-corrected chi connectivity index (χ2v) is 4.09. The van der Waals surface area contributed by atoms with Crippen molar-refractivity contribution >= 4 is 6.08 Å². The third-order valence-corrected chi connectivity index (χ3v) is 2.53. The van der Waals surface area contributed by atoms with Gasteiger partial charge in [-0.15, -0.1) is 0 Å². The summed E-state index contributed by atoms with van der Waals surface area (Å²) in [7, 11) is 0. The fourth-order valence-corrected chi connectivity index (χ4v) is 1.55. The van der Waals surface area contributed by atoms with E-state index in [4.69, 9.17) is 4.74 Å². The minimum Gasteiger partial charge on any atom is -0.461 e. The van der Waals surface area contributed by atoms with Gasteiger partial charge in [-0.05, 0) is 30.7 Å². The maximum atomic E-state index is 9.72. The first kappa shape index (κ1) is 12.4. The molecule has 0 bridgehead atoms. The fraction of sp³-hybridized carbons (Fsp3) is 0.125. The van der Waals surface area contributed by atoms with Gasteiger partial charge in [-0.2, -0.15) is 0 Å². The molecule has 0 aliphatic rings. The Morgan fingerprint density at radius 2 is 1.67 bits per heavy atom. The van der Waals surface area contributed by atoms with Gasteiger partial charge >= 0.3 is 0 Å². The van der Waals surface area contributed by atoms with Crippen molar-refractivity contribution in [2.24, 2.45) is 0 Å². The van der Waals surface area contributed by atoms with E-state index in [-0.39, 0.29) is 0 Å². The molecule has 2 rings (SSSR count). The lowest BCUT2D eigenvalue weighted by atomic mass is 10.2. The quantitative estimate of drug-likeness (QED) is 0.830. The van der Waals surface area contributed by atoms with Gasteiger partial charge in [-0.3, -0.25) is 0 Å². The van der Waals surface area contributed by atoms with Crippen LogP contribution in [0.25, 0.3) is 6.08 Å². The summed E-state index contributed by atoms with van der Waals surface area (Å²) in [4.78, 5) is 0. The van der Waals surface area contributed by atoms with E-state index in [1.165, 1.54) is 0 Å². The van der Waals surface area contributed by atoms with Gasteiger partial charge in [0, 0.05) is 0 Å². The average Bonchev–Trinajstić information content (AvgIpc) is 2.40. The Morgan fingerprint density at radius 3 is 2.33 bits per heavy atom. The predicted octanol–water partition coefficient (Wildman–Crippen LogP) is 3.41. The second kappa shape index (κ2) is 6.03. The van der Waals surface area contributed by atoms with Crippen LogP contribution in [-0.4, -0.2) is 11.4 Å². The largest absolute Gasteiger partial charge is 0.461 e. The maximum Gasteiger partial charge on any atom is 0.217 e. The molecule has 2 aromatic carbocycles. The summed E-state index contributed by atoms with van der Waals surface area (Å²) in [6.45, 7) is 2.01. The van der Waals surface area contributed by atoms with E-state index >= 15 is 0 Å². The van der Waals surface area contributed by atoms with Crippen LogP contribution in [0.2, 0.25) is 0 Å². The minimum atomic E-state index is -0.937. The summed E-state index contributed by atoms with van der Waals surface area (Å²) in [6, 6.07) is 17.4. The Kier molecular flexibility index (Phi) is 4.15. The number of hydrogen-bond donors (Lipinski definition) is 1. The number of aliphatic hydroxyl groups is 1. The Labute approximate surface area is 107 Å². The van der Waals surface area contributed by atoms with Gasteiger partial charge in [-0.1, -0.05) is 54.1 Å². The zero-order chi connectivity index (χ0) is 12.8. The number of ether oxygens (including phenoxy) is 1. The molecule has 2 heteroatoms. The van der Waals surface area contributed by atoms with E-state index in [1.807, 2.05) is 67.6 Å². The van der Waals surface area contributed by atoms with Gasteiger partial charge in [0.25, 0.3) is 0 Å². The van der Waals surface area contributed by atoms with Crippen LogP contribution in [0.5, 0.6) is 5.75 Å². The van der Waals surface area contributed by atoms with E-state index in [0.717, 1.165) is 11.1 Å². The number of aryl methyl sites for hydroxylation is 1. The van der Waals surface area contributed by atoms with Crippen molar-refractivity contribution < 1.29 is 9.84 Å². The molecular weight excluding hydrogens is 224 g/mol. The van der Waals surface area contributed by atoms with Crippen molar-refractivity contribution in [1.82, 2.24) is 0 Å². The standard InChI is InChI=1S/C16H16O2/c1-13-7-10-15(11-8-13)18-16(17)12-9-14-5-3-2-4-6-14/h2-12,16-17H,1H3/b12-9+. The van der Waals surface area contributed by atoms with E-state index in [1.54, 1.807) is 6.08 Å². The topological polar surface area (TPSA) is 29.5 Å². The van der Waals surface area contributed by atoms with E-state index in [0.29, 0.717) is 5.75 Å². The Bertz CT molecular complexity index is 500. The molecule has 0 aliphatic carbocycles. The summed E-state index contributed by atoms with van der Waals surface area (Å²) in [5.74, 6) is 0.658. The zero-order valence-electron chi connectivity index (χ0n) is 10.3. The van der Waals surface area contributed by atoms with Gasteiger partial charge in [0.1, 0.15) is 5.75 Å². The SMILES string of the molecule is Cc1ccc(OC(O)/C=C/c2ccccc2)cc1. The van der Waals surface area contributed by atoms with Crippen LogP contribution >= 0.6 is 0 Å². The average molecular weight is 240 g/mol. The molecule has 0 saturated heterocycles. The van der Waals surface area contributed by atoms with E-state index in [9.17, 15) is 5.11 Å². The molecular formula is C16H16O2. The summed E-state index contributed by atoms with van der Waals surface area (Å²) < 4.78 is 5.36. The molecule has 0 aliphatic heterocycles. The van der Waals surface area contributed by atoms with Gasteiger partial charge in [0.15, 0.2) is 0 Å². The Morgan fingerprint density at radius 1 is 1.00 bits per heavy atom. The van der Waals surface area contributed by atoms with Crippen molar-refractivity contribution in [1.29, 1.82) is 0 Å². The molecule has 18 heavy (non-hydrogen) atoms. The van der Waals surface area contributed by atoms with E-state index < -0.39 is 6.29 Å². The number of benzene rings is 2. The van der Waals surface area contributed by atoms with Crippen LogP contribution in [-0.2, 0) is 0 Å². The fourth-order valence-electron chi connectivity index (χ4n) is 1.55. The van der Waals surface area contributed by atoms with Crippen molar-refractivity contribution in [2.75, 3.05) is 0 Å². The lowest BCUT2D eigenvalue weighted by Gasteiger charge is -2.09. The van der Waals surface area contributed by atoms with E-state index in [2.05, 4.69) is 0 Å². The highest BCUT2D eigenvalue weighted by Gasteiger charge is 2.00. The highest BCUT2D eigenvalue weighted by molar-refractivity contribution is 5.49. The van der Waals surface area contributed by atoms with Gasteiger partial charge < -0.3 is 9.84 Å². The van der Waals surface area contributed by atoms with Crippen LogP contribution < -0.4 is 4.74 Å². The summed E-state index contributed by atoms with van der Waals surface area (Å²) >= 11 is 0. The molecule has 0 amide bonds. The van der Waals surface area contributed by atoms with Crippen LogP contribution in [0.1, 0.15) is 11.1 Å². The molecule has 0 aromatic heterocycles. The lowest BCUT2D eigenvalue weighted by molar-refractivity contribution is 0.0254. The maximum absolute atomic E-state index is 9.72. The first-order chi connectivity index (χ1) is 8.74. The first-order valence-electron chi connectivity index (χ1n) is 5.89. The molecule has 1 unspecified atom stereocenters. The smallest absolute Gasteiger partial charge is 0.217 e. The van der Waals surface area contributed by atoms with Crippen LogP contribution in [0.3, 0.4) is 0 Å². The number of rotatable bonds is 4. The molecule has 0 heterocycles. The molecule has 2 nitrogen and oxygen atoms in total. The van der Waals surface area contributed by atoms with Crippen molar-refractivity contribution in [2.45, 2.75) is 13.2 Å². The zero-order valence-corrected chi connectivity index (χ0v) is 10.3. The summed E-state index contributed by atoms with van der Waals surface area (Å²) in [5.41, 5.74) is 2.20. The molecule has 1 atom stereocenters. The Hall–Kier alpha value is -2.06. The first-order valence-corrected chi connectivity index (χ1v) is 5.89. The van der Waals surface area contributed by atoms with Crippen LogP contribution in [0, 0.1) is 6.92 Å². The number of hydrogen-bond acceptors (Lipinski definition) is 2. The molecule has 2 aromatic rings. The monoisotopic (exact) mass is 240 g/mol. The third-order valence-electron chi connectivity index (χ3n) is 2.53. The van der Waals surface area contributed by atoms with Gasteiger partial charge in [0.05, 0.1) is 0 Å². The normalized spacial score (nSPS) is 12.6. The Balaban J connectivity index is 1.94. The predicted molar refractivity (Wildman–Crippen MR) is 73.3 cm³/mol. The van der Waals surface area contributed by atoms with Crippen molar-refractivity contribution in [3.05, 3.63) is 71.8 Å². The third kappa shape index (κ3) is 3.75. The molecule has 1 N–H and O–H groups in total. The van der Waals surface area contributed by atoms with Gasteiger partial charge in [0.2, 0.25) is 6.29 Å². The van der Waals surface area contributed by atoms with Crippen LogP contribution in [0.15, 0.2) is 60.7 Å². The lowest BCUT2D eigenvalue weighted by Crippen LogP contribution is -2.11. The van der Waals surface area contributed by atoms with Crippen molar-refractivity contribution in [3.8, 4) is 5.75 Å². The summed E-state index contributed by atoms with van der Waals surface area (Å²) in [5, 5.41) is 9.72. The second-order valence-electron chi connectivity index (χ2n) is 4.09. The molecule has 0 fully saturated rings. The summed E-state index contributed by atoms with van der Waals surface area (Å²) in [6.07, 6.45) is 2.52. The van der Waals surface area contributed by atoms with Gasteiger partial charge in [-0.25, -0.2) is 0 Å². The molecule has 0 spiro atoms. The highest BCUT2D eigenvalue weighted by Crippen LogP contribution is 2.13. The van der Waals surface area contributed by atoms with Crippen molar-refractivity contribution in [3.63, 3.8) is 0 Å².